The first-order valence-electron chi connectivity index (χ1n) is 6.29. The number of rotatable bonds is 5. The van der Waals surface area contributed by atoms with Gasteiger partial charge in [-0.15, -0.1) is 0 Å². The van der Waals surface area contributed by atoms with Gasteiger partial charge in [0.2, 0.25) is 5.91 Å². The SMILES string of the molecule is CCCOc1cccc(CC2CCC(=O)N2)c1. The molecular weight excluding hydrogens is 214 g/mol. The maximum absolute atomic E-state index is 11.1. The number of carbonyl (C=O) groups excluding carboxylic acids is 1. The average molecular weight is 233 g/mol. The van der Waals surface area contributed by atoms with Crippen LogP contribution >= 0.6 is 0 Å². The molecule has 0 aliphatic carbocycles. The van der Waals surface area contributed by atoms with Crippen molar-refractivity contribution in [2.75, 3.05) is 6.61 Å². The van der Waals surface area contributed by atoms with Crippen molar-refractivity contribution in [1.82, 2.24) is 5.32 Å². The fourth-order valence-corrected chi connectivity index (χ4v) is 2.10. The minimum atomic E-state index is 0.174. The molecule has 1 aromatic carbocycles. The van der Waals surface area contributed by atoms with Crippen molar-refractivity contribution in [2.45, 2.75) is 38.6 Å². The fourth-order valence-electron chi connectivity index (χ4n) is 2.10. The zero-order valence-electron chi connectivity index (χ0n) is 10.2. The summed E-state index contributed by atoms with van der Waals surface area (Å²) in [5, 5.41) is 2.99. The van der Waals surface area contributed by atoms with E-state index in [2.05, 4.69) is 24.4 Å². The lowest BCUT2D eigenvalue weighted by Gasteiger charge is -2.11. The number of amides is 1. The monoisotopic (exact) mass is 233 g/mol. The lowest BCUT2D eigenvalue weighted by molar-refractivity contribution is -0.119. The average Bonchev–Trinajstić information content (AvgIpc) is 2.73. The van der Waals surface area contributed by atoms with Crippen molar-refractivity contribution in [3.05, 3.63) is 29.8 Å². The zero-order valence-corrected chi connectivity index (χ0v) is 10.2. The van der Waals surface area contributed by atoms with Crippen LogP contribution in [0.5, 0.6) is 5.75 Å². The van der Waals surface area contributed by atoms with Gasteiger partial charge in [-0.2, -0.15) is 0 Å². The van der Waals surface area contributed by atoms with Gasteiger partial charge in [0, 0.05) is 12.5 Å². The Labute approximate surface area is 102 Å². The second-order valence-electron chi connectivity index (χ2n) is 4.50. The summed E-state index contributed by atoms with van der Waals surface area (Å²) in [6.07, 6.45) is 3.52. The number of ether oxygens (including phenoxy) is 1. The maximum Gasteiger partial charge on any atom is 0.220 e. The third-order valence-corrected chi connectivity index (χ3v) is 2.94. The Hall–Kier alpha value is -1.51. The summed E-state index contributed by atoms with van der Waals surface area (Å²) in [6.45, 7) is 2.85. The van der Waals surface area contributed by atoms with Crippen LogP contribution in [-0.2, 0) is 11.2 Å². The van der Waals surface area contributed by atoms with Gasteiger partial charge in [-0.1, -0.05) is 19.1 Å². The molecule has 0 radical (unpaired) electrons. The van der Waals surface area contributed by atoms with Crippen LogP contribution in [0.3, 0.4) is 0 Å². The summed E-state index contributed by atoms with van der Waals surface area (Å²) in [5.41, 5.74) is 1.23. The van der Waals surface area contributed by atoms with E-state index in [0.29, 0.717) is 12.5 Å². The Bertz CT molecular complexity index is 390. The predicted octanol–water partition coefficient (Wildman–Crippen LogP) is 2.30. The lowest BCUT2D eigenvalue weighted by atomic mass is 10.0. The third-order valence-electron chi connectivity index (χ3n) is 2.94. The van der Waals surface area contributed by atoms with Gasteiger partial charge >= 0.3 is 0 Å². The maximum atomic E-state index is 11.1. The van der Waals surface area contributed by atoms with Crippen LogP contribution in [0.15, 0.2) is 24.3 Å². The molecule has 1 aromatic rings. The number of hydrogen-bond donors (Lipinski definition) is 1. The van der Waals surface area contributed by atoms with Crippen LogP contribution in [0, 0.1) is 0 Å². The highest BCUT2D eigenvalue weighted by atomic mass is 16.5. The predicted molar refractivity (Wildman–Crippen MR) is 67.1 cm³/mol. The molecule has 92 valence electrons. The second kappa shape index (κ2) is 5.71. The van der Waals surface area contributed by atoms with Crippen LogP contribution < -0.4 is 10.1 Å². The van der Waals surface area contributed by atoms with Crippen molar-refractivity contribution in [3.8, 4) is 5.75 Å². The summed E-state index contributed by atoms with van der Waals surface area (Å²) in [4.78, 5) is 11.1. The summed E-state index contributed by atoms with van der Waals surface area (Å²) >= 11 is 0. The molecule has 1 atom stereocenters. The molecule has 3 heteroatoms. The van der Waals surface area contributed by atoms with E-state index in [0.717, 1.165) is 31.6 Å². The van der Waals surface area contributed by atoms with E-state index in [1.807, 2.05) is 12.1 Å². The molecule has 0 aromatic heterocycles. The summed E-state index contributed by atoms with van der Waals surface area (Å²) in [5.74, 6) is 1.10. The van der Waals surface area contributed by atoms with E-state index >= 15 is 0 Å². The first-order chi connectivity index (χ1) is 8.28. The molecule has 1 N–H and O–H groups in total. The number of carbonyl (C=O) groups is 1. The van der Waals surface area contributed by atoms with Gasteiger partial charge in [-0.05, 0) is 37.0 Å². The largest absolute Gasteiger partial charge is 0.494 e. The van der Waals surface area contributed by atoms with E-state index in [9.17, 15) is 4.79 Å². The van der Waals surface area contributed by atoms with E-state index in [4.69, 9.17) is 4.74 Å². The molecule has 1 saturated heterocycles. The molecule has 17 heavy (non-hydrogen) atoms. The van der Waals surface area contributed by atoms with E-state index in [1.165, 1.54) is 5.56 Å². The second-order valence-corrected chi connectivity index (χ2v) is 4.50. The number of hydrogen-bond acceptors (Lipinski definition) is 2. The van der Waals surface area contributed by atoms with E-state index in [1.54, 1.807) is 0 Å². The minimum Gasteiger partial charge on any atom is -0.494 e. The molecular formula is C14H19NO2. The molecule has 0 bridgehead atoms. The highest BCUT2D eigenvalue weighted by molar-refractivity contribution is 5.78. The van der Waals surface area contributed by atoms with Crippen molar-refractivity contribution in [3.63, 3.8) is 0 Å². The smallest absolute Gasteiger partial charge is 0.220 e. The molecule has 2 rings (SSSR count). The van der Waals surface area contributed by atoms with Crippen LogP contribution in [0.1, 0.15) is 31.7 Å². The third kappa shape index (κ3) is 3.48. The van der Waals surface area contributed by atoms with Gasteiger partial charge < -0.3 is 10.1 Å². The quantitative estimate of drug-likeness (QED) is 0.847. The fraction of sp³-hybridized carbons (Fsp3) is 0.500. The van der Waals surface area contributed by atoms with Crippen molar-refractivity contribution < 1.29 is 9.53 Å². The minimum absolute atomic E-state index is 0.174. The molecule has 1 amide bonds. The van der Waals surface area contributed by atoms with Crippen LogP contribution in [0.25, 0.3) is 0 Å². The Morgan fingerprint density at radius 1 is 1.47 bits per heavy atom. The van der Waals surface area contributed by atoms with Crippen molar-refractivity contribution in [1.29, 1.82) is 0 Å². The van der Waals surface area contributed by atoms with Crippen LogP contribution in [0.2, 0.25) is 0 Å². The van der Waals surface area contributed by atoms with E-state index in [-0.39, 0.29) is 5.91 Å². The van der Waals surface area contributed by atoms with Crippen molar-refractivity contribution in [2.24, 2.45) is 0 Å². The first-order valence-corrected chi connectivity index (χ1v) is 6.29. The zero-order chi connectivity index (χ0) is 12.1. The molecule has 3 nitrogen and oxygen atoms in total. The molecule has 0 spiro atoms. The molecule has 1 fully saturated rings. The van der Waals surface area contributed by atoms with Gasteiger partial charge in [0.05, 0.1) is 6.61 Å². The summed E-state index contributed by atoms with van der Waals surface area (Å²) < 4.78 is 5.59. The topological polar surface area (TPSA) is 38.3 Å². The van der Waals surface area contributed by atoms with Crippen LogP contribution in [-0.4, -0.2) is 18.6 Å². The van der Waals surface area contributed by atoms with Crippen molar-refractivity contribution >= 4 is 5.91 Å². The molecule has 1 heterocycles. The Morgan fingerprint density at radius 3 is 3.06 bits per heavy atom. The molecule has 1 aliphatic heterocycles. The number of benzene rings is 1. The Morgan fingerprint density at radius 2 is 2.35 bits per heavy atom. The number of nitrogens with one attached hydrogen (secondary N) is 1. The lowest BCUT2D eigenvalue weighted by Crippen LogP contribution is -2.27. The Kier molecular flexibility index (Phi) is 4.02. The molecule has 0 saturated carbocycles. The van der Waals surface area contributed by atoms with Gasteiger partial charge in [0.25, 0.3) is 0 Å². The van der Waals surface area contributed by atoms with Gasteiger partial charge in [-0.25, -0.2) is 0 Å². The Balaban J connectivity index is 1.93. The molecule has 1 aliphatic rings. The standard InChI is InChI=1S/C14H19NO2/c1-2-8-17-13-5-3-4-11(10-13)9-12-6-7-14(16)15-12/h3-5,10,12H,2,6-9H2,1H3,(H,15,16). The summed E-state index contributed by atoms with van der Waals surface area (Å²) in [6, 6.07) is 8.44. The highest BCUT2D eigenvalue weighted by Gasteiger charge is 2.20. The van der Waals surface area contributed by atoms with Crippen LogP contribution in [0.4, 0.5) is 0 Å². The normalized spacial score (nSPS) is 19.1. The first kappa shape index (κ1) is 12.0. The highest BCUT2D eigenvalue weighted by Crippen LogP contribution is 2.18. The van der Waals surface area contributed by atoms with E-state index < -0.39 is 0 Å². The van der Waals surface area contributed by atoms with Gasteiger partial charge in [0.1, 0.15) is 5.75 Å². The summed E-state index contributed by atoms with van der Waals surface area (Å²) in [7, 11) is 0. The van der Waals surface area contributed by atoms with Gasteiger partial charge in [-0.3, -0.25) is 4.79 Å². The van der Waals surface area contributed by atoms with Gasteiger partial charge in [0.15, 0.2) is 0 Å². The molecule has 1 unspecified atom stereocenters.